The number of aromatic nitrogens is 1. The van der Waals surface area contributed by atoms with E-state index in [4.69, 9.17) is 9.47 Å². The van der Waals surface area contributed by atoms with Crippen molar-refractivity contribution in [3.63, 3.8) is 0 Å². The van der Waals surface area contributed by atoms with Crippen LogP contribution in [0.2, 0.25) is 0 Å². The number of carbonyl (C=O) groups excluding carboxylic acids is 2. The van der Waals surface area contributed by atoms with Crippen LogP contribution in [0.3, 0.4) is 0 Å². The standard InChI is InChI=1S/C9H11NO4S/c1-3-13-9(12)8-10-7(5-15-8)4-14-6(2)11/h5H,3-4H2,1-2H3. The number of hydrogen-bond acceptors (Lipinski definition) is 6. The molecule has 5 nitrogen and oxygen atoms in total. The van der Waals surface area contributed by atoms with E-state index in [9.17, 15) is 9.59 Å². The van der Waals surface area contributed by atoms with E-state index in [0.29, 0.717) is 12.3 Å². The lowest BCUT2D eigenvalue weighted by Crippen LogP contribution is -2.05. The van der Waals surface area contributed by atoms with Crippen LogP contribution in [-0.2, 0) is 20.9 Å². The normalized spacial score (nSPS) is 9.73. The first-order chi connectivity index (χ1) is 7.13. The maximum atomic E-state index is 11.2. The lowest BCUT2D eigenvalue weighted by Gasteiger charge is -1.97. The van der Waals surface area contributed by atoms with Crippen LogP contribution in [0.25, 0.3) is 0 Å². The highest BCUT2D eigenvalue weighted by molar-refractivity contribution is 7.11. The van der Waals surface area contributed by atoms with E-state index in [2.05, 4.69) is 4.98 Å². The molecule has 0 radical (unpaired) electrons. The third kappa shape index (κ3) is 3.67. The summed E-state index contributed by atoms with van der Waals surface area (Å²) >= 11 is 1.17. The predicted molar refractivity (Wildman–Crippen MR) is 53.5 cm³/mol. The van der Waals surface area contributed by atoms with E-state index in [1.807, 2.05) is 0 Å². The van der Waals surface area contributed by atoms with Crippen LogP contribution >= 0.6 is 11.3 Å². The minimum absolute atomic E-state index is 0.0885. The molecule has 1 aromatic heterocycles. The number of rotatable bonds is 4. The van der Waals surface area contributed by atoms with E-state index in [1.54, 1.807) is 12.3 Å². The number of thiazole rings is 1. The van der Waals surface area contributed by atoms with Gasteiger partial charge in [-0.3, -0.25) is 4.79 Å². The minimum atomic E-state index is -0.448. The van der Waals surface area contributed by atoms with Crippen LogP contribution in [0.5, 0.6) is 0 Å². The van der Waals surface area contributed by atoms with Gasteiger partial charge in [-0.2, -0.15) is 0 Å². The molecule has 0 aliphatic rings. The summed E-state index contributed by atoms with van der Waals surface area (Å²) in [6, 6.07) is 0. The Labute approximate surface area is 91.0 Å². The Bertz CT molecular complexity index is 361. The van der Waals surface area contributed by atoms with E-state index in [1.165, 1.54) is 18.3 Å². The average molecular weight is 229 g/mol. The second-order valence-corrected chi connectivity index (χ2v) is 3.50. The fraction of sp³-hybridized carbons (Fsp3) is 0.444. The Kier molecular flexibility index (Phi) is 4.23. The average Bonchev–Trinajstić information content (AvgIpc) is 2.63. The summed E-state index contributed by atoms with van der Waals surface area (Å²) in [4.78, 5) is 25.7. The van der Waals surface area contributed by atoms with E-state index in [-0.39, 0.29) is 17.6 Å². The third-order valence-electron chi connectivity index (χ3n) is 1.43. The highest BCUT2D eigenvalue weighted by atomic mass is 32.1. The molecule has 0 spiro atoms. The molecule has 0 bridgehead atoms. The summed E-state index contributed by atoms with van der Waals surface area (Å²) in [6.07, 6.45) is 0. The molecule has 0 aliphatic carbocycles. The Hall–Kier alpha value is -1.43. The molecule has 0 amide bonds. The van der Waals surface area contributed by atoms with Gasteiger partial charge in [-0.15, -0.1) is 11.3 Å². The molecule has 0 aliphatic heterocycles. The summed E-state index contributed by atoms with van der Waals surface area (Å²) in [7, 11) is 0. The van der Waals surface area contributed by atoms with E-state index in [0.717, 1.165) is 0 Å². The van der Waals surface area contributed by atoms with Crippen molar-refractivity contribution < 1.29 is 19.1 Å². The zero-order valence-electron chi connectivity index (χ0n) is 8.48. The second kappa shape index (κ2) is 5.45. The predicted octanol–water partition coefficient (Wildman–Crippen LogP) is 1.38. The molecule has 1 heterocycles. The number of hydrogen-bond donors (Lipinski definition) is 0. The maximum absolute atomic E-state index is 11.2. The molecule has 0 saturated heterocycles. The van der Waals surface area contributed by atoms with Crippen LogP contribution in [0.4, 0.5) is 0 Å². The molecule has 1 aromatic rings. The molecule has 15 heavy (non-hydrogen) atoms. The molecule has 1 rings (SSSR count). The monoisotopic (exact) mass is 229 g/mol. The summed E-state index contributed by atoms with van der Waals surface area (Å²) in [6.45, 7) is 3.45. The molecule has 0 aromatic carbocycles. The Morgan fingerprint density at radius 2 is 2.20 bits per heavy atom. The van der Waals surface area contributed by atoms with Gasteiger partial charge in [-0.1, -0.05) is 0 Å². The SMILES string of the molecule is CCOC(=O)c1nc(COC(C)=O)cs1. The van der Waals surface area contributed by atoms with Gasteiger partial charge in [0.2, 0.25) is 5.01 Å². The van der Waals surface area contributed by atoms with E-state index < -0.39 is 5.97 Å². The smallest absolute Gasteiger partial charge is 0.367 e. The van der Waals surface area contributed by atoms with Crippen LogP contribution in [-0.4, -0.2) is 23.5 Å². The molecule has 82 valence electrons. The molecule has 0 fully saturated rings. The van der Waals surface area contributed by atoms with Crippen molar-refractivity contribution in [3.8, 4) is 0 Å². The zero-order chi connectivity index (χ0) is 11.3. The van der Waals surface area contributed by atoms with Crippen LogP contribution in [0.15, 0.2) is 5.38 Å². The fourth-order valence-electron chi connectivity index (χ4n) is 0.835. The minimum Gasteiger partial charge on any atom is -0.461 e. The van der Waals surface area contributed by atoms with Gasteiger partial charge in [-0.05, 0) is 6.92 Å². The van der Waals surface area contributed by atoms with E-state index >= 15 is 0 Å². The first kappa shape index (κ1) is 11.6. The number of nitrogens with zero attached hydrogens (tertiary/aromatic N) is 1. The molecule has 0 unspecified atom stereocenters. The summed E-state index contributed by atoms with van der Waals surface area (Å²) < 4.78 is 9.50. The number of esters is 2. The highest BCUT2D eigenvalue weighted by Crippen LogP contribution is 2.11. The zero-order valence-corrected chi connectivity index (χ0v) is 9.30. The number of carbonyl (C=O) groups is 2. The quantitative estimate of drug-likeness (QED) is 0.730. The highest BCUT2D eigenvalue weighted by Gasteiger charge is 2.12. The van der Waals surface area contributed by atoms with Gasteiger partial charge in [0, 0.05) is 12.3 Å². The van der Waals surface area contributed by atoms with Crippen molar-refractivity contribution >= 4 is 23.3 Å². The largest absolute Gasteiger partial charge is 0.461 e. The van der Waals surface area contributed by atoms with Crippen LogP contribution in [0.1, 0.15) is 29.3 Å². The van der Waals surface area contributed by atoms with Crippen LogP contribution < -0.4 is 0 Å². The molecular weight excluding hydrogens is 218 g/mol. The second-order valence-electron chi connectivity index (χ2n) is 2.64. The molecular formula is C9H11NO4S. The summed E-state index contributed by atoms with van der Waals surface area (Å²) in [5.74, 6) is -0.822. The molecule has 6 heteroatoms. The van der Waals surface area contributed by atoms with Crippen molar-refractivity contribution in [2.75, 3.05) is 6.61 Å². The van der Waals surface area contributed by atoms with Gasteiger partial charge < -0.3 is 9.47 Å². The third-order valence-corrected chi connectivity index (χ3v) is 2.30. The fourth-order valence-corrected chi connectivity index (χ4v) is 1.53. The first-order valence-corrected chi connectivity index (χ1v) is 5.26. The molecule has 0 atom stereocenters. The van der Waals surface area contributed by atoms with Crippen molar-refractivity contribution in [3.05, 3.63) is 16.1 Å². The Balaban J connectivity index is 2.56. The Morgan fingerprint density at radius 3 is 2.80 bits per heavy atom. The van der Waals surface area contributed by atoms with Gasteiger partial charge in [0.15, 0.2) is 0 Å². The first-order valence-electron chi connectivity index (χ1n) is 4.38. The lowest BCUT2D eigenvalue weighted by molar-refractivity contribution is -0.142. The van der Waals surface area contributed by atoms with Crippen LogP contribution in [0, 0.1) is 0 Å². The number of ether oxygens (including phenoxy) is 2. The summed E-state index contributed by atoms with van der Waals surface area (Å²) in [5, 5.41) is 1.94. The molecule has 0 saturated carbocycles. The van der Waals surface area contributed by atoms with Gasteiger partial charge >= 0.3 is 11.9 Å². The Morgan fingerprint density at radius 1 is 1.47 bits per heavy atom. The van der Waals surface area contributed by atoms with Gasteiger partial charge in [0.25, 0.3) is 0 Å². The van der Waals surface area contributed by atoms with Crippen molar-refractivity contribution in [2.24, 2.45) is 0 Å². The maximum Gasteiger partial charge on any atom is 0.367 e. The van der Waals surface area contributed by atoms with Gasteiger partial charge in [0.05, 0.1) is 12.3 Å². The molecule has 0 N–H and O–H groups in total. The van der Waals surface area contributed by atoms with Crippen molar-refractivity contribution in [1.82, 2.24) is 4.98 Å². The van der Waals surface area contributed by atoms with Crippen molar-refractivity contribution in [2.45, 2.75) is 20.5 Å². The van der Waals surface area contributed by atoms with Gasteiger partial charge in [0.1, 0.15) is 6.61 Å². The lowest BCUT2D eigenvalue weighted by atomic mass is 10.5. The summed E-state index contributed by atoms with van der Waals surface area (Å²) in [5.41, 5.74) is 0.554. The van der Waals surface area contributed by atoms with Crippen molar-refractivity contribution in [1.29, 1.82) is 0 Å². The topological polar surface area (TPSA) is 65.5 Å². The van der Waals surface area contributed by atoms with Gasteiger partial charge in [-0.25, -0.2) is 9.78 Å².